The second kappa shape index (κ2) is 4.61. The van der Waals surface area contributed by atoms with E-state index in [1.165, 1.54) is 13.0 Å². The summed E-state index contributed by atoms with van der Waals surface area (Å²) in [5.41, 5.74) is 4.13. The highest BCUT2D eigenvalue weighted by Gasteiger charge is 2.41. The highest BCUT2D eigenvalue weighted by Crippen LogP contribution is 2.39. The monoisotopic (exact) mass is 261 g/mol. The van der Waals surface area contributed by atoms with Crippen molar-refractivity contribution in [1.82, 2.24) is 0 Å². The van der Waals surface area contributed by atoms with E-state index in [1.54, 1.807) is 13.8 Å². The predicted octanol–water partition coefficient (Wildman–Crippen LogP) is 3.23. The number of rotatable bonds is 3. The molecule has 0 aliphatic carbocycles. The third kappa shape index (κ3) is 2.14. The Morgan fingerprint density at radius 3 is 2.35 bits per heavy atom. The van der Waals surface area contributed by atoms with E-state index in [2.05, 4.69) is 0 Å². The molecule has 1 aromatic rings. The van der Waals surface area contributed by atoms with Gasteiger partial charge in [-0.2, -0.15) is 0 Å². The van der Waals surface area contributed by atoms with Gasteiger partial charge in [0, 0.05) is 11.3 Å². The summed E-state index contributed by atoms with van der Waals surface area (Å²) in [5, 5.41) is -0.760. The lowest BCUT2D eigenvalue weighted by Crippen LogP contribution is -2.37. The van der Waals surface area contributed by atoms with Gasteiger partial charge in [-0.3, -0.25) is 4.79 Å². The quantitative estimate of drug-likeness (QED) is 0.671. The molecule has 1 unspecified atom stereocenters. The highest BCUT2D eigenvalue weighted by molar-refractivity contribution is 6.65. The Hall–Kier alpha value is -1.16. The van der Waals surface area contributed by atoms with Crippen LogP contribution in [0.25, 0.3) is 0 Å². The lowest BCUT2D eigenvalue weighted by molar-refractivity contribution is -0.117. The number of benzene rings is 1. The first-order valence-corrected chi connectivity index (χ1v) is 5.54. The van der Waals surface area contributed by atoms with Crippen molar-refractivity contribution in [3.05, 3.63) is 29.3 Å². The van der Waals surface area contributed by atoms with Crippen molar-refractivity contribution >= 4 is 22.5 Å². The van der Waals surface area contributed by atoms with Crippen molar-refractivity contribution < 1.29 is 13.6 Å². The van der Waals surface area contributed by atoms with Gasteiger partial charge in [0.1, 0.15) is 0 Å². The molecule has 1 rings (SSSR count). The zero-order valence-electron chi connectivity index (χ0n) is 9.85. The minimum atomic E-state index is -1.35. The van der Waals surface area contributed by atoms with Crippen molar-refractivity contribution in [2.24, 2.45) is 5.92 Å². The number of halogens is 3. The van der Waals surface area contributed by atoms with Gasteiger partial charge in [0.15, 0.2) is 11.6 Å². The van der Waals surface area contributed by atoms with E-state index < -0.39 is 22.3 Å². The minimum Gasteiger partial charge on any atom is -0.398 e. The van der Waals surface area contributed by atoms with Crippen LogP contribution in [0.1, 0.15) is 26.3 Å². The van der Waals surface area contributed by atoms with Gasteiger partial charge in [0.2, 0.25) is 5.24 Å². The molecule has 1 atom stereocenters. The normalized spacial score (nSPS) is 14.8. The number of nitrogen functional groups attached to an aromatic ring is 1. The molecule has 2 N–H and O–H groups in total. The van der Waals surface area contributed by atoms with Gasteiger partial charge in [-0.15, -0.1) is 0 Å². The molecule has 0 heterocycles. The fraction of sp³-hybridized carbons (Fsp3) is 0.417. The first-order valence-electron chi connectivity index (χ1n) is 5.16. The van der Waals surface area contributed by atoms with E-state index in [1.807, 2.05) is 0 Å². The van der Waals surface area contributed by atoms with Gasteiger partial charge in [-0.1, -0.05) is 13.8 Å². The smallest absolute Gasteiger partial charge is 0.232 e. The van der Waals surface area contributed by atoms with Crippen molar-refractivity contribution in [1.29, 1.82) is 0 Å². The largest absolute Gasteiger partial charge is 0.398 e. The van der Waals surface area contributed by atoms with Crippen LogP contribution in [0.3, 0.4) is 0 Å². The van der Waals surface area contributed by atoms with E-state index >= 15 is 0 Å². The van der Waals surface area contributed by atoms with E-state index in [-0.39, 0.29) is 17.2 Å². The summed E-state index contributed by atoms with van der Waals surface area (Å²) in [6.07, 6.45) is 0. The van der Waals surface area contributed by atoms with E-state index in [9.17, 15) is 13.6 Å². The summed E-state index contributed by atoms with van der Waals surface area (Å²) in [6, 6.07) is 2.15. The third-order valence-electron chi connectivity index (χ3n) is 3.21. The summed E-state index contributed by atoms with van der Waals surface area (Å²) >= 11 is 5.53. The average molecular weight is 262 g/mol. The molecule has 0 bridgehead atoms. The number of anilines is 1. The molecular formula is C12H14ClF2NO. The Bertz CT molecular complexity index is 462. The van der Waals surface area contributed by atoms with Crippen LogP contribution in [0.2, 0.25) is 0 Å². The van der Waals surface area contributed by atoms with Crippen LogP contribution in [0.5, 0.6) is 0 Å². The number of hydrogen-bond donors (Lipinski definition) is 1. The molecule has 0 spiro atoms. The van der Waals surface area contributed by atoms with Crippen molar-refractivity contribution in [2.75, 3.05) is 5.73 Å². The van der Waals surface area contributed by atoms with Crippen LogP contribution in [0.15, 0.2) is 12.1 Å². The Labute approximate surface area is 104 Å². The molecule has 0 aliphatic rings. The Kier molecular flexibility index (Phi) is 3.77. The zero-order valence-corrected chi connectivity index (χ0v) is 10.6. The Morgan fingerprint density at radius 2 is 1.94 bits per heavy atom. The van der Waals surface area contributed by atoms with Gasteiger partial charge in [0.25, 0.3) is 0 Å². The SMILES string of the molecule is CC(C)C(C)(C(=O)Cl)c1c(N)ccc(F)c1F. The van der Waals surface area contributed by atoms with Gasteiger partial charge in [0.05, 0.1) is 5.41 Å². The molecule has 0 aromatic heterocycles. The first-order chi connectivity index (χ1) is 7.72. The third-order valence-corrected chi connectivity index (χ3v) is 3.60. The summed E-state index contributed by atoms with van der Waals surface area (Å²) in [4.78, 5) is 11.5. The second-order valence-electron chi connectivity index (χ2n) is 4.46. The average Bonchev–Trinajstić information content (AvgIpc) is 2.23. The molecule has 0 saturated heterocycles. The van der Waals surface area contributed by atoms with Gasteiger partial charge in [-0.25, -0.2) is 8.78 Å². The molecular weight excluding hydrogens is 248 g/mol. The fourth-order valence-electron chi connectivity index (χ4n) is 1.71. The van der Waals surface area contributed by atoms with E-state index in [0.717, 1.165) is 6.07 Å². The van der Waals surface area contributed by atoms with Crippen LogP contribution in [-0.2, 0) is 10.2 Å². The Morgan fingerprint density at radius 1 is 1.41 bits per heavy atom. The molecule has 5 heteroatoms. The van der Waals surface area contributed by atoms with Crippen LogP contribution >= 0.6 is 11.6 Å². The molecule has 0 radical (unpaired) electrons. The van der Waals surface area contributed by atoms with Crippen molar-refractivity contribution in [3.8, 4) is 0 Å². The van der Waals surface area contributed by atoms with E-state index in [0.29, 0.717) is 0 Å². The lowest BCUT2D eigenvalue weighted by Gasteiger charge is -2.31. The van der Waals surface area contributed by atoms with Crippen LogP contribution in [-0.4, -0.2) is 5.24 Å². The van der Waals surface area contributed by atoms with Crippen LogP contribution in [0.4, 0.5) is 14.5 Å². The second-order valence-corrected chi connectivity index (χ2v) is 4.80. The molecule has 0 amide bonds. The standard InChI is InChI=1S/C12H14ClF2NO/c1-6(2)12(3,11(13)17)9-8(16)5-4-7(14)10(9)15/h4-6H,16H2,1-3H3. The van der Waals surface area contributed by atoms with Gasteiger partial charge in [-0.05, 0) is 36.6 Å². The molecule has 94 valence electrons. The van der Waals surface area contributed by atoms with E-state index in [4.69, 9.17) is 17.3 Å². The van der Waals surface area contributed by atoms with Crippen molar-refractivity contribution in [3.63, 3.8) is 0 Å². The predicted molar refractivity (Wildman–Crippen MR) is 63.8 cm³/mol. The summed E-state index contributed by atoms with van der Waals surface area (Å²) < 4.78 is 27.0. The summed E-state index contributed by atoms with van der Waals surface area (Å²) in [5.74, 6) is -2.47. The topological polar surface area (TPSA) is 43.1 Å². The van der Waals surface area contributed by atoms with Gasteiger partial charge < -0.3 is 5.73 Å². The first kappa shape index (κ1) is 13.9. The molecule has 1 aromatic carbocycles. The number of nitrogens with two attached hydrogens (primary N) is 1. The van der Waals surface area contributed by atoms with Gasteiger partial charge >= 0.3 is 0 Å². The fourth-order valence-corrected chi connectivity index (χ4v) is 2.02. The van der Waals surface area contributed by atoms with Crippen LogP contribution in [0, 0.1) is 17.6 Å². The maximum atomic E-state index is 13.8. The number of hydrogen-bond acceptors (Lipinski definition) is 2. The maximum Gasteiger partial charge on any atom is 0.232 e. The molecule has 17 heavy (non-hydrogen) atoms. The number of carbonyl (C=O) groups excluding carboxylic acids is 1. The maximum absolute atomic E-state index is 13.8. The molecule has 0 fully saturated rings. The molecule has 0 aliphatic heterocycles. The van der Waals surface area contributed by atoms with Crippen LogP contribution < -0.4 is 5.73 Å². The number of carbonyl (C=O) groups is 1. The zero-order chi connectivity index (χ0) is 13.4. The Balaban J connectivity index is 3.60. The minimum absolute atomic E-state index is 0.0223. The molecule has 0 saturated carbocycles. The summed E-state index contributed by atoms with van der Waals surface area (Å²) in [7, 11) is 0. The highest BCUT2D eigenvalue weighted by atomic mass is 35.5. The molecule has 2 nitrogen and oxygen atoms in total. The summed E-state index contributed by atoms with van der Waals surface area (Å²) in [6.45, 7) is 4.86. The lowest BCUT2D eigenvalue weighted by atomic mass is 9.73. The van der Waals surface area contributed by atoms with Crippen molar-refractivity contribution in [2.45, 2.75) is 26.2 Å².